The van der Waals surface area contributed by atoms with Crippen LogP contribution in [0.15, 0.2) is 29.0 Å². The standard InChI is InChI=1S/C6H5ClN2/c7-9-5-6-2-1-3-8-4-6/h1-5H/b9-5+. The SMILES string of the molecule is Cl/N=C/c1cccnc1. The van der Waals surface area contributed by atoms with Gasteiger partial charge in [0.25, 0.3) is 0 Å². The second-order valence-corrected chi connectivity index (χ2v) is 1.71. The van der Waals surface area contributed by atoms with Crippen molar-refractivity contribution in [3.8, 4) is 0 Å². The Balaban J connectivity index is 2.85. The molecule has 3 heteroatoms. The van der Waals surface area contributed by atoms with Crippen LogP contribution in [-0.2, 0) is 0 Å². The number of nitrogens with zero attached hydrogens (tertiary/aromatic N) is 2. The van der Waals surface area contributed by atoms with E-state index in [1.165, 1.54) is 6.21 Å². The second-order valence-electron chi connectivity index (χ2n) is 1.51. The van der Waals surface area contributed by atoms with Gasteiger partial charge in [-0.2, -0.15) is 4.51 Å². The molecule has 1 heterocycles. The molecule has 0 N–H and O–H groups in total. The Hall–Kier alpha value is -0.890. The quantitative estimate of drug-likeness (QED) is 0.545. The van der Waals surface area contributed by atoms with Crippen molar-refractivity contribution in [2.45, 2.75) is 0 Å². The molecular formula is C6H5ClN2. The molecule has 0 radical (unpaired) electrons. The Morgan fingerprint density at radius 3 is 3.11 bits per heavy atom. The monoisotopic (exact) mass is 140 g/mol. The highest BCUT2D eigenvalue weighted by Crippen LogP contribution is 1.90. The molecule has 0 spiro atoms. The van der Waals surface area contributed by atoms with Crippen molar-refractivity contribution in [3.63, 3.8) is 0 Å². The molecule has 0 atom stereocenters. The molecule has 0 saturated carbocycles. The minimum absolute atomic E-state index is 0.910. The van der Waals surface area contributed by atoms with E-state index in [4.69, 9.17) is 11.8 Å². The number of halogens is 1. The van der Waals surface area contributed by atoms with Gasteiger partial charge in [-0.15, -0.1) is 0 Å². The van der Waals surface area contributed by atoms with Gasteiger partial charge >= 0.3 is 0 Å². The van der Waals surface area contributed by atoms with Gasteiger partial charge in [-0.05, 0) is 6.07 Å². The van der Waals surface area contributed by atoms with E-state index in [1.54, 1.807) is 12.4 Å². The molecule has 1 aromatic heterocycles. The lowest BCUT2D eigenvalue weighted by atomic mass is 10.3. The highest BCUT2D eigenvalue weighted by Gasteiger charge is 1.80. The average molecular weight is 141 g/mol. The summed E-state index contributed by atoms with van der Waals surface area (Å²) in [6.07, 6.45) is 4.92. The molecule has 46 valence electrons. The molecule has 1 rings (SSSR count). The van der Waals surface area contributed by atoms with Gasteiger partial charge < -0.3 is 0 Å². The first-order valence-electron chi connectivity index (χ1n) is 2.48. The van der Waals surface area contributed by atoms with Crippen LogP contribution in [0.25, 0.3) is 0 Å². The number of rotatable bonds is 1. The third kappa shape index (κ3) is 1.82. The van der Waals surface area contributed by atoms with Crippen molar-refractivity contribution < 1.29 is 0 Å². The lowest BCUT2D eigenvalue weighted by molar-refractivity contribution is 1.32. The predicted molar refractivity (Wildman–Crippen MR) is 37.7 cm³/mol. The Labute approximate surface area is 58.3 Å². The number of aromatic nitrogens is 1. The molecule has 0 bridgehead atoms. The molecule has 0 saturated heterocycles. The Morgan fingerprint density at radius 2 is 2.56 bits per heavy atom. The van der Waals surface area contributed by atoms with Crippen LogP contribution in [0.3, 0.4) is 0 Å². The van der Waals surface area contributed by atoms with Gasteiger partial charge in [0.2, 0.25) is 0 Å². The summed E-state index contributed by atoms with van der Waals surface area (Å²) < 4.78 is 3.31. The first-order chi connectivity index (χ1) is 4.43. The lowest BCUT2D eigenvalue weighted by Crippen LogP contribution is -1.78. The molecule has 1 aromatic rings. The summed E-state index contributed by atoms with van der Waals surface area (Å²) in [6, 6.07) is 3.70. The fourth-order valence-corrected chi connectivity index (χ4v) is 0.621. The molecule has 0 aliphatic rings. The van der Waals surface area contributed by atoms with Gasteiger partial charge in [-0.3, -0.25) is 4.98 Å². The van der Waals surface area contributed by atoms with Crippen molar-refractivity contribution in [1.82, 2.24) is 4.98 Å². The van der Waals surface area contributed by atoms with Crippen molar-refractivity contribution in [1.29, 1.82) is 0 Å². The van der Waals surface area contributed by atoms with E-state index in [0.29, 0.717) is 0 Å². The molecule has 0 fully saturated rings. The Morgan fingerprint density at radius 1 is 1.67 bits per heavy atom. The van der Waals surface area contributed by atoms with Crippen molar-refractivity contribution in [2.75, 3.05) is 0 Å². The van der Waals surface area contributed by atoms with Crippen LogP contribution in [0.2, 0.25) is 0 Å². The zero-order valence-corrected chi connectivity index (χ0v) is 5.42. The van der Waals surface area contributed by atoms with Gasteiger partial charge in [-0.1, -0.05) is 6.07 Å². The van der Waals surface area contributed by atoms with E-state index in [9.17, 15) is 0 Å². The summed E-state index contributed by atoms with van der Waals surface area (Å²) in [6.45, 7) is 0. The fraction of sp³-hybridized carbons (Fsp3) is 0. The molecule has 0 amide bonds. The van der Waals surface area contributed by atoms with E-state index in [-0.39, 0.29) is 0 Å². The van der Waals surface area contributed by atoms with Crippen LogP contribution in [0.5, 0.6) is 0 Å². The smallest absolute Gasteiger partial charge is 0.0503 e. The normalized spacial score (nSPS) is 10.3. The van der Waals surface area contributed by atoms with Crippen LogP contribution in [0.4, 0.5) is 0 Å². The number of hydrogen-bond acceptors (Lipinski definition) is 2. The molecular weight excluding hydrogens is 136 g/mol. The zero-order chi connectivity index (χ0) is 6.53. The Bertz CT molecular complexity index is 195. The summed E-state index contributed by atoms with van der Waals surface area (Å²) in [7, 11) is 0. The van der Waals surface area contributed by atoms with Gasteiger partial charge in [0, 0.05) is 29.7 Å². The third-order valence-electron chi connectivity index (χ3n) is 0.882. The molecule has 9 heavy (non-hydrogen) atoms. The van der Waals surface area contributed by atoms with Crippen molar-refractivity contribution in [2.24, 2.45) is 4.51 Å². The van der Waals surface area contributed by atoms with Crippen LogP contribution >= 0.6 is 11.8 Å². The molecule has 0 aliphatic carbocycles. The summed E-state index contributed by atoms with van der Waals surface area (Å²) >= 11 is 5.08. The van der Waals surface area contributed by atoms with E-state index in [1.807, 2.05) is 12.1 Å². The predicted octanol–water partition coefficient (Wildman–Crippen LogP) is 1.65. The van der Waals surface area contributed by atoms with E-state index in [0.717, 1.165) is 5.56 Å². The van der Waals surface area contributed by atoms with Crippen molar-refractivity contribution >= 4 is 18.0 Å². The summed E-state index contributed by atoms with van der Waals surface area (Å²) in [4.78, 5) is 3.85. The minimum Gasteiger partial charge on any atom is -0.264 e. The Kier molecular flexibility index (Phi) is 2.22. The van der Waals surface area contributed by atoms with Gasteiger partial charge in [0.1, 0.15) is 0 Å². The third-order valence-corrected chi connectivity index (χ3v) is 0.980. The van der Waals surface area contributed by atoms with E-state index >= 15 is 0 Å². The van der Waals surface area contributed by atoms with Crippen LogP contribution in [-0.4, -0.2) is 11.2 Å². The zero-order valence-electron chi connectivity index (χ0n) is 4.66. The molecule has 0 unspecified atom stereocenters. The maximum absolute atomic E-state index is 5.08. The summed E-state index contributed by atoms with van der Waals surface area (Å²) in [5.41, 5.74) is 0.910. The molecule has 0 aliphatic heterocycles. The first-order valence-corrected chi connectivity index (χ1v) is 2.81. The van der Waals surface area contributed by atoms with Crippen molar-refractivity contribution in [3.05, 3.63) is 30.1 Å². The van der Waals surface area contributed by atoms with Crippen LogP contribution in [0.1, 0.15) is 5.56 Å². The number of hydrogen-bond donors (Lipinski definition) is 0. The summed E-state index contributed by atoms with van der Waals surface area (Å²) in [5, 5.41) is 0. The van der Waals surface area contributed by atoms with Gasteiger partial charge in [0.15, 0.2) is 0 Å². The highest BCUT2D eigenvalue weighted by molar-refractivity contribution is 6.18. The van der Waals surface area contributed by atoms with Crippen LogP contribution < -0.4 is 0 Å². The topological polar surface area (TPSA) is 25.2 Å². The molecule has 0 aromatic carbocycles. The molecule has 2 nitrogen and oxygen atoms in total. The average Bonchev–Trinajstić information content (AvgIpc) is 1.91. The van der Waals surface area contributed by atoms with Gasteiger partial charge in [0.05, 0.1) is 6.21 Å². The summed E-state index contributed by atoms with van der Waals surface area (Å²) in [5.74, 6) is 0. The number of pyridine rings is 1. The van der Waals surface area contributed by atoms with Crippen LogP contribution in [0, 0.1) is 0 Å². The van der Waals surface area contributed by atoms with Gasteiger partial charge in [-0.25, -0.2) is 0 Å². The second kappa shape index (κ2) is 3.20. The highest BCUT2D eigenvalue weighted by atomic mass is 35.5. The lowest BCUT2D eigenvalue weighted by Gasteiger charge is -1.84. The minimum atomic E-state index is 0.910. The largest absolute Gasteiger partial charge is 0.264 e. The maximum atomic E-state index is 5.08. The van der Waals surface area contributed by atoms with E-state index < -0.39 is 0 Å². The maximum Gasteiger partial charge on any atom is 0.0503 e. The fourth-order valence-electron chi connectivity index (χ4n) is 0.509. The first kappa shape index (κ1) is 6.23. The van der Waals surface area contributed by atoms with E-state index in [2.05, 4.69) is 9.50 Å².